The van der Waals surface area contributed by atoms with Crippen molar-refractivity contribution in [3.8, 4) is 0 Å². The number of nitrogens with two attached hydrogens (primary N) is 1. The summed E-state index contributed by atoms with van der Waals surface area (Å²) < 4.78 is 4.93. The molecule has 0 heterocycles. The molecular formula is C18H38ClNO2. The molecule has 2 N–H and O–H groups in total. The minimum absolute atomic E-state index is 0. The Bertz CT molecular complexity index is 225. The van der Waals surface area contributed by atoms with Crippen molar-refractivity contribution < 1.29 is 9.53 Å². The molecule has 4 heteroatoms. The van der Waals surface area contributed by atoms with Crippen LogP contribution in [0, 0.1) is 0 Å². The monoisotopic (exact) mass is 335 g/mol. The molecule has 134 valence electrons. The molecule has 0 aromatic heterocycles. The number of carbonyl (C=O) groups is 1. The Labute approximate surface area is 144 Å². The van der Waals surface area contributed by atoms with Crippen LogP contribution in [0.15, 0.2) is 0 Å². The molecule has 0 spiro atoms. The number of hydrogen-bond donors (Lipinski definition) is 1. The number of esters is 1. The molecule has 0 rings (SSSR count). The van der Waals surface area contributed by atoms with Crippen LogP contribution < -0.4 is 5.73 Å². The van der Waals surface area contributed by atoms with Gasteiger partial charge in [0.1, 0.15) is 0 Å². The molecule has 3 nitrogen and oxygen atoms in total. The summed E-state index contributed by atoms with van der Waals surface area (Å²) in [5.41, 5.74) is 5.16. The van der Waals surface area contributed by atoms with Gasteiger partial charge in [-0.2, -0.15) is 0 Å². The maximum Gasteiger partial charge on any atom is 0.319 e. The van der Waals surface area contributed by atoms with Crippen molar-refractivity contribution in [3.05, 3.63) is 0 Å². The molecule has 0 aliphatic carbocycles. The average Bonchev–Trinajstić information content (AvgIpc) is 2.50. The van der Waals surface area contributed by atoms with E-state index in [2.05, 4.69) is 6.92 Å². The molecule has 0 fully saturated rings. The Balaban J connectivity index is 0. The van der Waals surface area contributed by atoms with Crippen molar-refractivity contribution in [2.24, 2.45) is 5.73 Å². The number of carbonyl (C=O) groups excluding carboxylic acids is 1. The second-order valence-corrected chi connectivity index (χ2v) is 6.02. The first kappa shape index (κ1) is 24.0. The number of rotatable bonds is 16. The normalized spacial score (nSPS) is 10.3. The van der Waals surface area contributed by atoms with Crippen LogP contribution in [0.25, 0.3) is 0 Å². The molecule has 0 aliphatic rings. The predicted octanol–water partition coefficient (Wildman–Crippen LogP) is 5.39. The van der Waals surface area contributed by atoms with Crippen LogP contribution in [0.3, 0.4) is 0 Å². The molecule has 0 aromatic carbocycles. The van der Waals surface area contributed by atoms with E-state index >= 15 is 0 Å². The third kappa shape index (κ3) is 19.7. The van der Waals surface area contributed by atoms with E-state index in [9.17, 15) is 4.79 Å². The molecule has 0 bridgehead atoms. The molecule has 0 unspecified atom stereocenters. The van der Waals surface area contributed by atoms with Crippen molar-refractivity contribution >= 4 is 18.4 Å². The molecule has 0 aliphatic heterocycles. The summed E-state index contributed by atoms with van der Waals surface area (Å²) in [7, 11) is 0. The second kappa shape index (κ2) is 20.7. The molecule has 0 saturated heterocycles. The highest BCUT2D eigenvalue weighted by atomic mass is 35.5. The summed E-state index contributed by atoms with van der Waals surface area (Å²) in [4.78, 5) is 10.8. The fraction of sp³-hybridized carbons (Fsp3) is 0.944. The zero-order valence-electron chi connectivity index (χ0n) is 14.6. The van der Waals surface area contributed by atoms with Gasteiger partial charge in [-0.25, -0.2) is 0 Å². The molecule has 0 saturated carbocycles. The zero-order valence-corrected chi connectivity index (χ0v) is 15.4. The van der Waals surface area contributed by atoms with Crippen molar-refractivity contribution in [3.63, 3.8) is 0 Å². The zero-order chi connectivity index (χ0) is 15.6. The number of hydrogen-bond acceptors (Lipinski definition) is 3. The quantitative estimate of drug-likeness (QED) is 0.304. The average molecular weight is 336 g/mol. The van der Waals surface area contributed by atoms with E-state index in [0.29, 0.717) is 6.61 Å². The standard InChI is InChI=1S/C18H37NO2.ClH/c1-2-3-4-5-6-7-8-9-10-11-12-13-14-15-16-21-18(20)17-19;/h2-17,19H2,1H3;1H. The molecular weight excluding hydrogens is 298 g/mol. The van der Waals surface area contributed by atoms with Crippen molar-refractivity contribution in [1.29, 1.82) is 0 Å². The van der Waals surface area contributed by atoms with E-state index in [-0.39, 0.29) is 24.9 Å². The molecule has 0 amide bonds. The van der Waals surface area contributed by atoms with Crippen molar-refractivity contribution in [2.45, 2.75) is 96.8 Å². The van der Waals surface area contributed by atoms with Gasteiger partial charge in [0.25, 0.3) is 0 Å². The highest BCUT2D eigenvalue weighted by Crippen LogP contribution is 2.12. The summed E-state index contributed by atoms with van der Waals surface area (Å²) in [6.07, 6.45) is 18.8. The summed E-state index contributed by atoms with van der Waals surface area (Å²) in [6.45, 7) is 2.80. The Morgan fingerprint density at radius 1 is 0.727 bits per heavy atom. The van der Waals surface area contributed by atoms with Crippen LogP contribution in [0.2, 0.25) is 0 Å². The lowest BCUT2D eigenvalue weighted by atomic mass is 10.0. The van der Waals surface area contributed by atoms with Gasteiger partial charge < -0.3 is 10.5 Å². The van der Waals surface area contributed by atoms with Crippen LogP contribution in [0.5, 0.6) is 0 Å². The van der Waals surface area contributed by atoms with E-state index in [1.54, 1.807) is 0 Å². The van der Waals surface area contributed by atoms with Gasteiger partial charge in [0.15, 0.2) is 0 Å². The van der Waals surface area contributed by atoms with Gasteiger partial charge >= 0.3 is 5.97 Å². The van der Waals surface area contributed by atoms with Crippen LogP contribution in [-0.2, 0) is 9.53 Å². The largest absolute Gasteiger partial charge is 0.465 e. The lowest BCUT2D eigenvalue weighted by molar-refractivity contribution is -0.142. The molecule has 0 aromatic rings. The molecule has 0 radical (unpaired) electrons. The van der Waals surface area contributed by atoms with Gasteiger partial charge in [0.05, 0.1) is 13.2 Å². The van der Waals surface area contributed by atoms with E-state index in [1.807, 2.05) is 0 Å². The third-order valence-electron chi connectivity index (χ3n) is 3.93. The van der Waals surface area contributed by atoms with Crippen LogP contribution in [0.1, 0.15) is 96.8 Å². The van der Waals surface area contributed by atoms with E-state index < -0.39 is 0 Å². The number of unbranched alkanes of at least 4 members (excludes halogenated alkanes) is 13. The van der Waals surface area contributed by atoms with Gasteiger partial charge in [-0.1, -0.05) is 90.4 Å². The van der Waals surface area contributed by atoms with Crippen LogP contribution >= 0.6 is 12.4 Å². The van der Waals surface area contributed by atoms with Gasteiger partial charge in [0.2, 0.25) is 0 Å². The van der Waals surface area contributed by atoms with E-state index in [1.165, 1.54) is 77.0 Å². The van der Waals surface area contributed by atoms with E-state index in [0.717, 1.165) is 12.8 Å². The Morgan fingerprint density at radius 3 is 1.45 bits per heavy atom. The minimum atomic E-state index is -0.287. The predicted molar refractivity (Wildman–Crippen MR) is 97.6 cm³/mol. The number of ether oxygens (including phenoxy) is 1. The Morgan fingerprint density at radius 2 is 1.09 bits per heavy atom. The smallest absolute Gasteiger partial charge is 0.319 e. The summed E-state index contributed by atoms with van der Waals surface area (Å²) in [5.74, 6) is -0.287. The summed E-state index contributed by atoms with van der Waals surface area (Å²) >= 11 is 0. The summed E-state index contributed by atoms with van der Waals surface area (Å²) in [6, 6.07) is 0. The maximum absolute atomic E-state index is 10.8. The molecule has 22 heavy (non-hydrogen) atoms. The van der Waals surface area contributed by atoms with Crippen molar-refractivity contribution in [1.82, 2.24) is 0 Å². The van der Waals surface area contributed by atoms with Crippen molar-refractivity contribution in [2.75, 3.05) is 13.2 Å². The van der Waals surface area contributed by atoms with Gasteiger partial charge in [-0.15, -0.1) is 12.4 Å². The van der Waals surface area contributed by atoms with Crippen LogP contribution in [0.4, 0.5) is 0 Å². The van der Waals surface area contributed by atoms with Gasteiger partial charge in [-0.3, -0.25) is 4.79 Å². The van der Waals surface area contributed by atoms with Gasteiger partial charge in [-0.05, 0) is 6.42 Å². The lowest BCUT2D eigenvalue weighted by Crippen LogP contribution is -2.17. The third-order valence-corrected chi connectivity index (χ3v) is 3.93. The first-order valence-electron chi connectivity index (χ1n) is 9.17. The van der Waals surface area contributed by atoms with Gasteiger partial charge in [0, 0.05) is 0 Å². The Kier molecular flexibility index (Phi) is 22.6. The van der Waals surface area contributed by atoms with Crippen LogP contribution in [-0.4, -0.2) is 19.1 Å². The SMILES string of the molecule is CCCCCCCCCCCCCCCCOC(=O)CN.Cl. The topological polar surface area (TPSA) is 52.3 Å². The Hall–Kier alpha value is -0.280. The van der Waals surface area contributed by atoms with E-state index in [4.69, 9.17) is 10.5 Å². The fourth-order valence-electron chi connectivity index (χ4n) is 2.54. The summed E-state index contributed by atoms with van der Waals surface area (Å²) in [5, 5.41) is 0. The maximum atomic E-state index is 10.8. The second-order valence-electron chi connectivity index (χ2n) is 6.02. The first-order valence-corrected chi connectivity index (χ1v) is 9.17. The lowest BCUT2D eigenvalue weighted by Gasteiger charge is -2.04. The number of halogens is 1. The minimum Gasteiger partial charge on any atom is -0.465 e. The highest BCUT2D eigenvalue weighted by Gasteiger charge is 1.97. The highest BCUT2D eigenvalue weighted by molar-refractivity contribution is 5.85. The first-order chi connectivity index (χ1) is 10.3. The molecule has 0 atom stereocenters. The fourth-order valence-corrected chi connectivity index (χ4v) is 2.54.